The van der Waals surface area contributed by atoms with Crippen LogP contribution in [0.4, 0.5) is 5.69 Å². The number of carbonyl (C=O) groups is 1. The van der Waals surface area contributed by atoms with E-state index in [-0.39, 0.29) is 12.3 Å². The number of aliphatic imine (C=N–C) groups is 2. The lowest BCUT2D eigenvalue weighted by molar-refractivity contribution is -0.114. The molecule has 0 spiro atoms. The molecule has 0 unspecified atom stereocenters. The molecule has 1 heterocycles. The standard InChI is InChI=1S/C16H12Cl2N4O/c17-9-5-6-13-11(7-9)15(10-3-1-2-4-12(10)18)20-8-14(21-13)16(23)22-19/h1-7H,8,19H2,(H,22,23). The summed E-state index contributed by atoms with van der Waals surface area (Å²) < 4.78 is 0. The fourth-order valence-corrected chi connectivity index (χ4v) is 2.70. The second-order valence-electron chi connectivity index (χ2n) is 4.84. The van der Waals surface area contributed by atoms with Crippen LogP contribution >= 0.6 is 23.2 Å². The number of carbonyl (C=O) groups excluding carboxylic acids is 1. The topological polar surface area (TPSA) is 79.8 Å². The maximum atomic E-state index is 11.8. The Labute approximate surface area is 142 Å². The number of amides is 1. The number of halogens is 2. The van der Waals surface area contributed by atoms with Gasteiger partial charge >= 0.3 is 0 Å². The summed E-state index contributed by atoms with van der Waals surface area (Å²) in [6.45, 7) is 0.0931. The van der Waals surface area contributed by atoms with Crippen LogP contribution in [0.1, 0.15) is 11.1 Å². The van der Waals surface area contributed by atoms with Crippen molar-refractivity contribution in [2.75, 3.05) is 6.54 Å². The average Bonchev–Trinajstić information content (AvgIpc) is 2.74. The van der Waals surface area contributed by atoms with Crippen LogP contribution in [0.5, 0.6) is 0 Å². The number of fused-ring (bicyclic) bond motifs is 1. The molecule has 23 heavy (non-hydrogen) atoms. The number of nitrogens with zero attached hydrogens (tertiary/aromatic N) is 2. The van der Waals surface area contributed by atoms with Gasteiger partial charge in [-0.05, 0) is 24.3 Å². The van der Waals surface area contributed by atoms with Gasteiger partial charge in [-0.15, -0.1) is 0 Å². The van der Waals surface area contributed by atoms with E-state index < -0.39 is 5.91 Å². The van der Waals surface area contributed by atoms with E-state index in [1.165, 1.54) is 0 Å². The van der Waals surface area contributed by atoms with Crippen LogP contribution in [0.3, 0.4) is 0 Å². The first-order valence-corrected chi connectivity index (χ1v) is 7.53. The van der Waals surface area contributed by atoms with Crippen molar-refractivity contribution < 1.29 is 4.79 Å². The molecule has 0 aromatic heterocycles. The van der Waals surface area contributed by atoms with E-state index in [0.717, 1.165) is 5.56 Å². The first kappa shape index (κ1) is 15.7. The van der Waals surface area contributed by atoms with E-state index in [0.29, 0.717) is 27.0 Å². The monoisotopic (exact) mass is 346 g/mol. The smallest absolute Gasteiger partial charge is 0.281 e. The molecule has 3 N–H and O–H groups in total. The Hall–Kier alpha value is -2.21. The minimum absolute atomic E-state index is 0.0931. The van der Waals surface area contributed by atoms with Gasteiger partial charge in [-0.3, -0.25) is 15.2 Å². The Morgan fingerprint density at radius 1 is 1.13 bits per heavy atom. The van der Waals surface area contributed by atoms with Gasteiger partial charge < -0.3 is 0 Å². The zero-order valence-electron chi connectivity index (χ0n) is 11.9. The summed E-state index contributed by atoms with van der Waals surface area (Å²) in [5, 5.41) is 1.11. The highest BCUT2D eigenvalue weighted by atomic mass is 35.5. The highest BCUT2D eigenvalue weighted by Crippen LogP contribution is 2.30. The van der Waals surface area contributed by atoms with E-state index in [9.17, 15) is 4.79 Å². The fraction of sp³-hybridized carbons (Fsp3) is 0.0625. The number of rotatable bonds is 2. The minimum Gasteiger partial charge on any atom is -0.289 e. The molecule has 3 rings (SSSR count). The Kier molecular flexibility index (Phi) is 4.43. The Morgan fingerprint density at radius 2 is 1.91 bits per heavy atom. The van der Waals surface area contributed by atoms with E-state index in [1.54, 1.807) is 24.3 Å². The van der Waals surface area contributed by atoms with E-state index in [2.05, 4.69) is 15.4 Å². The number of benzene rings is 2. The fourth-order valence-electron chi connectivity index (χ4n) is 2.30. The molecule has 1 aliphatic rings. The summed E-state index contributed by atoms with van der Waals surface area (Å²) in [4.78, 5) is 20.7. The van der Waals surface area contributed by atoms with Gasteiger partial charge in [0.2, 0.25) is 0 Å². The Morgan fingerprint density at radius 3 is 2.65 bits per heavy atom. The summed E-state index contributed by atoms with van der Waals surface area (Å²) in [5.74, 6) is 4.72. The molecule has 7 heteroatoms. The summed E-state index contributed by atoms with van der Waals surface area (Å²) in [7, 11) is 0. The Bertz CT molecular complexity index is 846. The number of hydrazine groups is 1. The molecule has 1 amide bonds. The maximum Gasteiger partial charge on any atom is 0.281 e. The van der Waals surface area contributed by atoms with Crippen molar-refractivity contribution in [3.63, 3.8) is 0 Å². The first-order valence-electron chi connectivity index (χ1n) is 6.78. The second kappa shape index (κ2) is 6.50. The normalized spacial score (nSPS) is 13.5. The van der Waals surface area contributed by atoms with Crippen LogP contribution in [0.25, 0.3) is 0 Å². The van der Waals surface area contributed by atoms with Gasteiger partial charge in [0.1, 0.15) is 5.71 Å². The molecule has 2 aromatic rings. The quantitative estimate of drug-likeness (QED) is 0.498. The molecule has 0 bridgehead atoms. The number of hydrogen-bond donors (Lipinski definition) is 2. The molecular weight excluding hydrogens is 335 g/mol. The molecule has 1 aliphatic heterocycles. The van der Waals surface area contributed by atoms with Crippen LogP contribution in [-0.4, -0.2) is 23.9 Å². The van der Waals surface area contributed by atoms with E-state index in [1.807, 2.05) is 18.2 Å². The van der Waals surface area contributed by atoms with Gasteiger partial charge in [0, 0.05) is 21.2 Å². The van der Waals surface area contributed by atoms with Gasteiger partial charge in [-0.2, -0.15) is 0 Å². The predicted molar refractivity (Wildman–Crippen MR) is 92.8 cm³/mol. The molecule has 116 valence electrons. The zero-order valence-corrected chi connectivity index (χ0v) is 13.4. The summed E-state index contributed by atoms with van der Waals surface area (Å²) in [5.41, 5.74) is 4.99. The molecule has 0 atom stereocenters. The van der Waals surface area contributed by atoms with E-state index in [4.69, 9.17) is 29.0 Å². The van der Waals surface area contributed by atoms with Crippen molar-refractivity contribution >= 4 is 46.2 Å². The molecule has 5 nitrogen and oxygen atoms in total. The highest BCUT2D eigenvalue weighted by Gasteiger charge is 2.20. The van der Waals surface area contributed by atoms with Gasteiger partial charge in [0.25, 0.3) is 5.91 Å². The third-order valence-electron chi connectivity index (χ3n) is 3.38. The summed E-state index contributed by atoms with van der Waals surface area (Å²) >= 11 is 12.4. The summed E-state index contributed by atoms with van der Waals surface area (Å²) in [6, 6.07) is 12.5. The zero-order chi connectivity index (χ0) is 16.4. The SMILES string of the molecule is NNC(=O)C1=Nc2ccc(Cl)cc2C(c2ccccc2Cl)=NC1. The molecule has 0 fully saturated rings. The van der Waals surface area contributed by atoms with Crippen LogP contribution in [-0.2, 0) is 4.79 Å². The van der Waals surface area contributed by atoms with Crippen LogP contribution in [0.15, 0.2) is 52.4 Å². The lowest BCUT2D eigenvalue weighted by atomic mass is 10.0. The van der Waals surface area contributed by atoms with Gasteiger partial charge in [0.15, 0.2) is 0 Å². The van der Waals surface area contributed by atoms with Crippen LogP contribution < -0.4 is 11.3 Å². The average molecular weight is 347 g/mol. The number of nitrogens with two attached hydrogens (primary N) is 1. The molecule has 0 aliphatic carbocycles. The van der Waals surface area contributed by atoms with Crippen molar-refractivity contribution in [1.29, 1.82) is 0 Å². The third kappa shape index (κ3) is 3.12. The molecule has 0 radical (unpaired) electrons. The molecule has 0 saturated carbocycles. The van der Waals surface area contributed by atoms with Crippen molar-refractivity contribution in [3.8, 4) is 0 Å². The van der Waals surface area contributed by atoms with E-state index >= 15 is 0 Å². The molecule has 2 aromatic carbocycles. The second-order valence-corrected chi connectivity index (χ2v) is 5.68. The lowest BCUT2D eigenvalue weighted by Crippen LogP contribution is -2.37. The third-order valence-corrected chi connectivity index (χ3v) is 3.94. The highest BCUT2D eigenvalue weighted by molar-refractivity contribution is 6.42. The molecule has 0 saturated heterocycles. The van der Waals surface area contributed by atoms with Gasteiger partial charge in [-0.1, -0.05) is 41.4 Å². The van der Waals surface area contributed by atoms with Crippen molar-refractivity contribution in [2.24, 2.45) is 15.8 Å². The van der Waals surface area contributed by atoms with Crippen molar-refractivity contribution in [3.05, 3.63) is 63.6 Å². The van der Waals surface area contributed by atoms with Crippen molar-refractivity contribution in [2.45, 2.75) is 0 Å². The Balaban J connectivity index is 2.21. The first-order chi connectivity index (χ1) is 11.1. The van der Waals surface area contributed by atoms with Crippen LogP contribution in [0.2, 0.25) is 10.0 Å². The maximum absolute atomic E-state index is 11.8. The summed E-state index contributed by atoms with van der Waals surface area (Å²) in [6.07, 6.45) is 0. The number of hydrogen-bond acceptors (Lipinski definition) is 4. The van der Waals surface area contributed by atoms with Gasteiger partial charge in [-0.25, -0.2) is 10.8 Å². The lowest BCUT2D eigenvalue weighted by Gasteiger charge is -2.10. The minimum atomic E-state index is -0.477. The largest absolute Gasteiger partial charge is 0.289 e. The van der Waals surface area contributed by atoms with Crippen LogP contribution in [0, 0.1) is 0 Å². The molecular formula is C16H12Cl2N4O. The number of nitrogens with one attached hydrogen (secondary N) is 1. The van der Waals surface area contributed by atoms with Gasteiger partial charge in [0.05, 0.1) is 17.9 Å². The van der Waals surface area contributed by atoms with Crippen molar-refractivity contribution in [1.82, 2.24) is 5.43 Å². The predicted octanol–water partition coefficient (Wildman–Crippen LogP) is 2.91.